The molecule has 68 valence electrons. The third kappa shape index (κ3) is 6.25. The molecule has 0 aliphatic carbocycles. The number of hydrogen-bond acceptors (Lipinski definition) is 3. The van der Waals surface area contributed by atoms with E-state index in [0.29, 0.717) is 26.2 Å². The molecule has 0 heterocycles. The highest BCUT2D eigenvalue weighted by Gasteiger charge is 2.07. The lowest BCUT2D eigenvalue weighted by Crippen LogP contribution is -2.40. The van der Waals surface area contributed by atoms with Gasteiger partial charge in [-0.15, -0.1) is 0 Å². The second-order valence-corrected chi connectivity index (χ2v) is 3.03. The molecule has 0 aromatic carbocycles. The molecule has 0 aromatic heterocycles. The Kier molecular flexibility index (Phi) is 5.41. The summed E-state index contributed by atoms with van der Waals surface area (Å²) < 4.78 is -0.200. The summed E-state index contributed by atoms with van der Waals surface area (Å²) in [5, 5.41) is 11.4. The summed E-state index contributed by atoms with van der Waals surface area (Å²) in [7, 11) is 1.67. The van der Waals surface area contributed by atoms with E-state index in [1.165, 1.54) is 0 Å². The van der Waals surface area contributed by atoms with Crippen LogP contribution in [-0.4, -0.2) is 37.9 Å². The zero-order chi connectivity index (χ0) is 8.74. The first-order valence-corrected chi connectivity index (χ1v) is 4.08. The number of rotatable bonds is 6. The van der Waals surface area contributed by atoms with Gasteiger partial charge < -0.3 is 21.3 Å². The second-order valence-electron chi connectivity index (χ2n) is 3.03. The van der Waals surface area contributed by atoms with Gasteiger partial charge in [0.15, 0.2) is 0 Å². The van der Waals surface area contributed by atoms with Crippen molar-refractivity contribution in [3.8, 4) is 0 Å². The Hall–Kier alpha value is -0.160. The van der Waals surface area contributed by atoms with Crippen LogP contribution in [0.25, 0.3) is 0 Å². The summed E-state index contributed by atoms with van der Waals surface area (Å²) in [6.45, 7) is 2.41. The highest BCUT2D eigenvalue weighted by atomic mass is 16.5. The van der Waals surface area contributed by atoms with E-state index < -0.39 is 0 Å². The number of nitrogens with two attached hydrogens (primary N) is 2. The van der Waals surface area contributed by atoms with E-state index >= 15 is 0 Å². The average molecular weight is 161 g/mol. The Morgan fingerprint density at radius 3 is 1.73 bits per heavy atom. The Morgan fingerprint density at radius 2 is 1.45 bits per heavy atom. The Morgan fingerprint density at radius 1 is 1.09 bits per heavy atom. The monoisotopic (exact) mass is 161 g/mol. The zero-order valence-corrected chi connectivity index (χ0v) is 7.25. The van der Waals surface area contributed by atoms with E-state index in [9.17, 15) is 5.21 Å². The van der Waals surface area contributed by atoms with Crippen LogP contribution in [0.2, 0.25) is 0 Å². The third-order valence-corrected chi connectivity index (χ3v) is 1.67. The van der Waals surface area contributed by atoms with E-state index in [1.54, 1.807) is 7.05 Å². The van der Waals surface area contributed by atoms with Crippen LogP contribution in [0.3, 0.4) is 0 Å². The van der Waals surface area contributed by atoms with Crippen LogP contribution in [0.4, 0.5) is 0 Å². The molecule has 0 atom stereocenters. The lowest BCUT2D eigenvalue weighted by Gasteiger charge is -2.38. The lowest BCUT2D eigenvalue weighted by atomic mass is 10.3. The molecule has 0 aromatic rings. The summed E-state index contributed by atoms with van der Waals surface area (Å²) in [4.78, 5) is 0. The SMILES string of the molecule is C[N+]([O-])(CCCN)CCCN. The van der Waals surface area contributed by atoms with Crippen LogP contribution in [0, 0.1) is 5.21 Å². The van der Waals surface area contributed by atoms with Crippen molar-refractivity contribution >= 4 is 0 Å². The molecule has 0 radical (unpaired) electrons. The van der Waals surface area contributed by atoms with Crippen LogP contribution in [0.15, 0.2) is 0 Å². The zero-order valence-electron chi connectivity index (χ0n) is 7.25. The maximum absolute atomic E-state index is 11.4. The van der Waals surface area contributed by atoms with Crippen LogP contribution in [0.1, 0.15) is 12.8 Å². The van der Waals surface area contributed by atoms with Crippen molar-refractivity contribution in [3.05, 3.63) is 5.21 Å². The molecular weight excluding hydrogens is 142 g/mol. The van der Waals surface area contributed by atoms with Gasteiger partial charge in [-0.3, -0.25) is 0 Å². The second kappa shape index (κ2) is 5.49. The molecule has 11 heavy (non-hydrogen) atoms. The summed E-state index contributed by atoms with van der Waals surface area (Å²) >= 11 is 0. The van der Waals surface area contributed by atoms with Gasteiger partial charge in [-0.05, 0) is 13.1 Å². The topological polar surface area (TPSA) is 75.1 Å². The molecule has 4 heteroatoms. The van der Waals surface area contributed by atoms with Crippen molar-refractivity contribution in [2.45, 2.75) is 12.8 Å². The maximum atomic E-state index is 11.4. The van der Waals surface area contributed by atoms with Crippen molar-refractivity contribution in [2.24, 2.45) is 11.5 Å². The third-order valence-electron chi connectivity index (χ3n) is 1.67. The van der Waals surface area contributed by atoms with Crippen molar-refractivity contribution < 1.29 is 4.65 Å². The first-order chi connectivity index (χ1) is 5.12. The first kappa shape index (κ1) is 10.8. The van der Waals surface area contributed by atoms with Crippen LogP contribution >= 0.6 is 0 Å². The molecule has 0 fully saturated rings. The van der Waals surface area contributed by atoms with E-state index in [0.717, 1.165) is 12.8 Å². The Labute approximate surface area is 68.3 Å². The predicted molar refractivity (Wildman–Crippen MR) is 46.6 cm³/mol. The summed E-state index contributed by atoms with van der Waals surface area (Å²) in [5.41, 5.74) is 10.6. The fourth-order valence-electron chi connectivity index (χ4n) is 0.963. The largest absolute Gasteiger partial charge is 0.633 e. The molecule has 4 nitrogen and oxygen atoms in total. The quantitative estimate of drug-likeness (QED) is 0.412. The van der Waals surface area contributed by atoms with Crippen molar-refractivity contribution in [1.82, 2.24) is 0 Å². The number of nitrogens with zero attached hydrogens (tertiary/aromatic N) is 1. The fourth-order valence-corrected chi connectivity index (χ4v) is 0.963. The average Bonchev–Trinajstić information content (AvgIpc) is 1.97. The minimum absolute atomic E-state index is 0.200. The number of hydroxylamine groups is 3. The van der Waals surface area contributed by atoms with Gasteiger partial charge in [-0.2, -0.15) is 0 Å². The van der Waals surface area contributed by atoms with Crippen LogP contribution < -0.4 is 11.5 Å². The molecule has 4 N–H and O–H groups in total. The Balaban J connectivity index is 3.43. The minimum Gasteiger partial charge on any atom is -0.633 e. The van der Waals surface area contributed by atoms with E-state index in [1.807, 2.05) is 0 Å². The van der Waals surface area contributed by atoms with Crippen LogP contribution in [-0.2, 0) is 0 Å². The molecule has 0 spiro atoms. The minimum atomic E-state index is -0.200. The number of quaternary nitrogens is 1. The predicted octanol–water partition coefficient (Wildman–Crippen LogP) is -0.372. The van der Waals surface area contributed by atoms with Gasteiger partial charge in [-0.1, -0.05) is 0 Å². The van der Waals surface area contributed by atoms with Crippen molar-refractivity contribution in [3.63, 3.8) is 0 Å². The fraction of sp³-hybridized carbons (Fsp3) is 1.00. The number of hydrogen-bond donors (Lipinski definition) is 2. The highest BCUT2D eigenvalue weighted by Crippen LogP contribution is 2.01. The smallest absolute Gasteiger partial charge is 0.0794 e. The molecule has 0 unspecified atom stereocenters. The molecule has 0 aliphatic heterocycles. The summed E-state index contributed by atoms with van der Waals surface area (Å²) in [5.74, 6) is 0. The maximum Gasteiger partial charge on any atom is 0.0794 e. The highest BCUT2D eigenvalue weighted by molar-refractivity contribution is 4.43. The summed E-state index contributed by atoms with van der Waals surface area (Å²) in [6.07, 6.45) is 1.59. The molecule has 0 bridgehead atoms. The molecule has 0 amide bonds. The van der Waals surface area contributed by atoms with Gasteiger partial charge in [0, 0.05) is 12.8 Å². The van der Waals surface area contributed by atoms with Crippen molar-refractivity contribution in [2.75, 3.05) is 33.2 Å². The molecular formula is C7H19N3O. The van der Waals surface area contributed by atoms with Crippen molar-refractivity contribution in [1.29, 1.82) is 0 Å². The normalized spacial score (nSPS) is 12.0. The molecule has 0 rings (SSSR count). The van der Waals surface area contributed by atoms with E-state index in [4.69, 9.17) is 11.5 Å². The van der Waals surface area contributed by atoms with Gasteiger partial charge in [0.2, 0.25) is 0 Å². The van der Waals surface area contributed by atoms with E-state index in [2.05, 4.69) is 0 Å². The lowest BCUT2D eigenvalue weighted by molar-refractivity contribution is -0.860. The molecule has 0 saturated carbocycles. The van der Waals surface area contributed by atoms with Gasteiger partial charge >= 0.3 is 0 Å². The van der Waals surface area contributed by atoms with E-state index in [-0.39, 0.29) is 4.65 Å². The van der Waals surface area contributed by atoms with Gasteiger partial charge in [0.05, 0.1) is 20.1 Å². The standard InChI is InChI=1S/C7H19N3O/c1-10(11,6-2-4-8)7-3-5-9/h2-9H2,1H3. The first-order valence-electron chi connectivity index (χ1n) is 4.08. The molecule has 0 saturated heterocycles. The van der Waals surface area contributed by atoms with Gasteiger partial charge in [-0.25, -0.2) is 0 Å². The molecule has 0 aliphatic rings. The van der Waals surface area contributed by atoms with Gasteiger partial charge in [0.25, 0.3) is 0 Å². The summed E-state index contributed by atoms with van der Waals surface area (Å²) in [6, 6.07) is 0. The Bertz CT molecular complexity index is 85.7. The van der Waals surface area contributed by atoms with Gasteiger partial charge in [0.1, 0.15) is 0 Å². The van der Waals surface area contributed by atoms with Crippen LogP contribution in [0.5, 0.6) is 0 Å².